The molecule has 0 bridgehead atoms. The van der Waals surface area contributed by atoms with E-state index >= 15 is 0 Å². The molecule has 3 amide bonds. The molecule has 1 saturated heterocycles. The van der Waals surface area contributed by atoms with Crippen LogP contribution in [0.25, 0.3) is 11.0 Å². The van der Waals surface area contributed by atoms with Crippen LogP contribution >= 0.6 is 0 Å². The van der Waals surface area contributed by atoms with Gasteiger partial charge in [0, 0.05) is 26.6 Å². The molecule has 0 unspecified atom stereocenters. The number of aryl methyl sites for hydroxylation is 1. The number of esters is 1. The Labute approximate surface area is 297 Å². The summed E-state index contributed by atoms with van der Waals surface area (Å²) >= 11 is 0. The highest BCUT2D eigenvalue weighted by Gasteiger charge is 2.42. The summed E-state index contributed by atoms with van der Waals surface area (Å²) in [7, 11) is 3.41. The average molecular weight is 699 g/mol. The second kappa shape index (κ2) is 16.5. The molecule has 1 aliphatic heterocycles. The average Bonchev–Trinajstić information content (AvgIpc) is 3.70. The lowest BCUT2D eigenvalue weighted by Crippen LogP contribution is -2.54. The number of hydrogen-bond acceptors (Lipinski definition) is 9. The molecule has 0 radical (unpaired) electrons. The molecule has 1 aliphatic rings. The van der Waals surface area contributed by atoms with Gasteiger partial charge in [-0.2, -0.15) is 0 Å². The quantitative estimate of drug-likeness (QED) is 0.193. The van der Waals surface area contributed by atoms with Crippen LogP contribution in [0.15, 0.2) is 72.8 Å². The van der Waals surface area contributed by atoms with Crippen LogP contribution in [-0.2, 0) is 50.5 Å². The van der Waals surface area contributed by atoms with Gasteiger partial charge >= 0.3 is 12.1 Å². The van der Waals surface area contributed by atoms with Crippen molar-refractivity contribution in [2.75, 3.05) is 13.7 Å². The highest BCUT2D eigenvalue weighted by molar-refractivity contribution is 5.92. The third kappa shape index (κ3) is 10.3. The Bertz CT molecular complexity index is 1820. The molecule has 0 aliphatic carbocycles. The number of aromatic nitrogens is 3. The molecule has 0 saturated carbocycles. The smallest absolute Gasteiger partial charge is 0.408 e. The standard InChI is InChI=1S/C38H46N6O7/c1-38(2,3)51-37(48)40-30(16-18-34(45)50-24-26-9-7-6-8-10-26)36(47)44-23-28(19-25-11-14-29(49-5)15-12-25)21-33(44)35(46)39-22-27-13-17-32-31(20-27)41-42-43(32)4/h6-15,17,20,28,30,33H,16,18-19,21-24H2,1-5H3,(H,39,46)(H,40,48)/t28-,30-,33+/m1/s1. The number of alkyl carbamates (subject to hydrolysis) is 1. The molecular formula is C38H46N6O7. The van der Waals surface area contributed by atoms with E-state index in [1.807, 2.05) is 79.8 Å². The maximum atomic E-state index is 14.3. The molecule has 3 aromatic carbocycles. The first-order chi connectivity index (χ1) is 24.4. The van der Waals surface area contributed by atoms with Crippen LogP contribution in [0.5, 0.6) is 5.75 Å². The fourth-order valence-corrected chi connectivity index (χ4v) is 6.14. The van der Waals surface area contributed by atoms with E-state index in [9.17, 15) is 19.2 Å². The van der Waals surface area contributed by atoms with Gasteiger partial charge in [-0.3, -0.25) is 14.4 Å². The summed E-state index contributed by atoms with van der Waals surface area (Å²) in [6.07, 6.45) is 0.0526. The number of nitrogens with one attached hydrogen (secondary N) is 2. The van der Waals surface area contributed by atoms with Crippen molar-refractivity contribution in [2.24, 2.45) is 13.0 Å². The molecule has 1 fully saturated rings. The number of carbonyl (C=O) groups excluding carboxylic acids is 4. The first-order valence-corrected chi connectivity index (χ1v) is 17.1. The number of nitrogens with zero attached hydrogens (tertiary/aromatic N) is 4. The van der Waals surface area contributed by atoms with Gasteiger partial charge in [-0.15, -0.1) is 5.10 Å². The molecule has 2 heterocycles. The first-order valence-electron chi connectivity index (χ1n) is 17.1. The number of carbonyl (C=O) groups is 4. The lowest BCUT2D eigenvalue weighted by molar-refractivity contribution is -0.146. The van der Waals surface area contributed by atoms with Crippen LogP contribution in [0.3, 0.4) is 0 Å². The minimum atomic E-state index is -1.14. The molecular weight excluding hydrogens is 652 g/mol. The van der Waals surface area contributed by atoms with Gasteiger partial charge in [0.25, 0.3) is 0 Å². The SMILES string of the molecule is COc1ccc(C[C@@H]2C[C@@H](C(=O)NCc3ccc4c(c3)nnn4C)N(C(=O)[C@@H](CCC(=O)OCc3ccccc3)NC(=O)OC(C)(C)C)C2)cc1. The summed E-state index contributed by atoms with van der Waals surface area (Å²) in [6.45, 7) is 5.74. The van der Waals surface area contributed by atoms with Crippen LogP contribution in [0.4, 0.5) is 4.79 Å². The van der Waals surface area contributed by atoms with Gasteiger partial charge in [0.15, 0.2) is 0 Å². The van der Waals surface area contributed by atoms with E-state index in [1.165, 1.54) is 4.90 Å². The number of amides is 3. The number of likely N-dealkylation sites (tertiary alicyclic amines) is 1. The van der Waals surface area contributed by atoms with Crippen molar-refractivity contribution in [1.82, 2.24) is 30.5 Å². The Morgan fingerprint density at radius 2 is 1.69 bits per heavy atom. The summed E-state index contributed by atoms with van der Waals surface area (Å²) in [4.78, 5) is 55.5. The van der Waals surface area contributed by atoms with Crippen LogP contribution in [0.1, 0.15) is 56.7 Å². The normalized spacial score (nSPS) is 16.4. The second-order valence-corrected chi connectivity index (χ2v) is 13.8. The maximum absolute atomic E-state index is 14.3. The molecule has 2 N–H and O–H groups in total. The third-order valence-electron chi connectivity index (χ3n) is 8.67. The molecule has 270 valence electrons. The monoisotopic (exact) mass is 698 g/mol. The van der Waals surface area contributed by atoms with Gasteiger partial charge in [0.1, 0.15) is 35.6 Å². The highest BCUT2D eigenvalue weighted by atomic mass is 16.6. The first kappa shape index (κ1) is 36.8. The van der Waals surface area contributed by atoms with Crippen molar-refractivity contribution in [2.45, 2.75) is 77.3 Å². The van der Waals surface area contributed by atoms with Crippen LogP contribution in [0.2, 0.25) is 0 Å². The Morgan fingerprint density at radius 3 is 2.39 bits per heavy atom. The fraction of sp³-hybridized carbons (Fsp3) is 0.421. The van der Waals surface area contributed by atoms with Gasteiger partial charge in [0.2, 0.25) is 11.8 Å². The maximum Gasteiger partial charge on any atom is 0.408 e. The van der Waals surface area contributed by atoms with E-state index in [0.717, 1.165) is 28.0 Å². The largest absolute Gasteiger partial charge is 0.497 e. The van der Waals surface area contributed by atoms with Gasteiger partial charge in [-0.1, -0.05) is 53.7 Å². The predicted octanol–water partition coefficient (Wildman–Crippen LogP) is 4.47. The Hall–Kier alpha value is -5.46. The summed E-state index contributed by atoms with van der Waals surface area (Å²) in [5.74, 6) is -0.631. The van der Waals surface area contributed by atoms with Crippen LogP contribution in [0, 0.1) is 5.92 Å². The van der Waals surface area contributed by atoms with Crippen molar-refractivity contribution in [3.05, 3.63) is 89.5 Å². The zero-order valence-electron chi connectivity index (χ0n) is 29.8. The van der Waals surface area contributed by atoms with Crippen molar-refractivity contribution in [1.29, 1.82) is 0 Å². The van der Waals surface area contributed by atoms with E-state index in [1.54, 1.807) is 32.6 Å². The molecule has 0 spiro atoms. The second-order valence-electron chi connectivity index (χ2n) is 13.8. The molecule has 13 heteroatoms. The van der Waals surface area contributed by atoms with Crippen LogP contribution in [-0.4, -0.2) is 75.1 Å². The molecule has 1 aromatic heterocycles. The predicted molar refractivity (Wildman–Crippen MR) is 189 cm³/mol. The Kier molecular flexibility index (Phi) is 11.9. The number of benzene rings is 3. The van der Waals surface area contributed by atoms with Gasteiger partial charge in [-0.25, -0.2) is 9.48 Å². The summed E-state index contributed by atoms with van der Waals surface area (Å²) in [5.41, 5.74) is 3.46. The van der Waals surface area contributed by atoms with Gasteiger partial charge < -0.3 is 29.7 Å². The Morgan fingerprint density at radius 1 is 0.961 bits per heavy atom. The minimum Gasteiger partial charge on any atom is -0.497 e. The molecule has 4 aromatic rings. The number of ether oxygens (including phenoxy) is 3. The number of methoxy groups -OCH3 is 1. The molecule has 3 atom stereocenters. The summed E-state index contributed by atoms with van der Waals surface area (Å²) in [6, 6.07) is 20.7. The van der Waals surface area contributed by atoms with E-state index in [-0.39, 0.29) is 44.4 Å². The number of fused-ring (bicyclic) bond motifs is 1. The third-order valence-corrected chi connectivity index (χ3v) is 8.67. The lowest BCUT2D eigenvalue weighted by Gasteiger charge is -2.29. The van der Waals surface area contributed by atoms with Crippen molar-refractivity contribution in [3.8, 4) is 5.75 Å². The van der Waals surface area contributed by atoms with E-state index in [2.05, 4.69) is 20.9 Å². The lowest BCUT2D eigenvalue weighted by atomic mass is 9.96. The number of hydrogen-bond donors (Lipinski definition) is 2. The number of rotatable bonds is 13. The van der Waals surface area contributed by atoms with Gasteiger partial charge in [-0.05, 0) is 86.9 Å². The van der Waals surface area contributed by atoms with E-state index < -0.39 is 35.7 Å². The molecule has 13 nitrogen and oxygen atoms in total. The Balaban J connectivity index is 1.32. The topological polar surface area (TPSA) is 154 Å². The summed E-state index contributed by atoms with van der Waals surface area (Å²) < 4.78 is 17.9. The van der Waals surface area contributed by atoms with E-state index in [4.69, 9.17) is 14.2 Å². The van der Waals surface area contributed by atoms with Gasteiger partial charge in [0.05, 0.1) is 12.6 Å². The van der Waals surface area contributed by atoms with Crippen molar-refractivity contribution in [3.63, 3.8) is 0 Å². The molecule has 51 heavy (non-hydrogen) atoms. The summed E-state index contributed by atoms with van der Waals surface area (Å²) in [5, 5.41) is 13.9. The van der Waals surface area contributed by atoms with Crippen molar-refractivity contribution < 1.29 is 33.4 Å². The van der Waals surface area contributed by atoms with E-state index in [0.29, 0.717) is 18.4 Å². The molecule has 5 rings (SSSR count). The highest BCUT2D eigenvalue weighted by Crippen LogP contribution is 2.29. The van der Waals surface area contributed by atoms with Crippen LogP contribution < -0.4 is 15.4 Å². The fourth-order valence-electron chi connectivity index (χ4n) is 6.14. The minimum absolute atomic E-state index is 0.0438. The zero-order chi connectivity index (χ0) is 36.5. The zero-order valence-corrected chi connectivity index (χ0v) is 29.8. The van der Waals surface area contributed by atoms with Crippen molar-refractivity contribution >= 4 is 34.9 Å².